The zero-order chi connectivity index (χ0) is 19.3. The van der Waals surface area contributed by atoms with Gasteiger partial charge in [0.2, 0.25) is 0 Å². The molecule has 0 aromatic heterocycles. The Labute approximate surface area is 161 Å². The highest BCUT2D eigenvalue weighted by molar-refractivity contribution is 7.98. The van der Waals surface area contributed by atoms with Crippen molar-refractivity contribution in [1.82, 2.24) is 9.73 Å². The predicted octanol–water partition coefficient (Wildman–Crippen LogP) is 3.52. The molecule has 3 N–H and O–H groups in total. The van der Waals surface area contributed by atoms with Crippen molar-refractivity contribution < 1.29 is 15.1 Å². The van der Waals surface area contributed by atoms with E-state index in [1.807, 2.05) is 0 Å². The van der Waals surface area contributed by atoms with Crippen molar-refractivity contribution in [3.05, 3.63) is 58.6 Å². The van der Waals surface area contributed by atoms with Gasteiger partial charge in [0.25, 0.3) is 5.91 Å². The molecule has 7 nitrogen and oxygen atoms in total. The van der Waals surface area contributed by atoms with Crippen molar-refractivity contribution in [2.24, 2.45) is 5.10 Å². The van der Waals surface area contributed by atoms with Crippen molar-refractivity contribution in [3.8, 4) is 5.75 Å². The molecular weight excluding hydrogens is 376 g/mol. The smallest absolute Gasteiger partial charge is 0.271 e. The quantitative estimate of drug-likeness (QED) is 0.394. The van der Waals surface area contributed by atoms with Gasteiger partial charge in [-0.25, -0.2) is 9.73 Å². The number of anilines is 1. The van der Waals surface area contributed by atoms with Crippen LogP contribution in [0.15, 0.2) is 47.6 Å². The first kappa shape index (κ1) is 20.1. The topological polar surface area (TPSA) is 88.4 Å². The molecule has 0 radical (unpaired) electrons. The summed E-state index contributed by atoms with van der Waals surface area (Å²) in [7, 11) is 3.57. The number of nitrogens with zero attached hydrogens (tertiary/aromatic N) is 3. The van der Waals surface area contributed by atoms with Crippen LogP contribution in [0, 0.1) is 0 Å². The van der Waals surface area contributed by atoms with Gasteiger partial charge < -0.3 is 5.11 Å². The van der Waals surface area contributed by atoms with Gasteiger partial charge in [0, 0.05) is 16.1 Å². The number of phenols is 1. The van der Waals surface area contributed by atoms with Crippen LogP contribution in [0.4, 0.5) is 5.69 Å². The lowest BCUT2D eigenvalue weighted by molar-refractivity contribution is 0.0955. The molecule has 0 bridgehead atoms. The summed E-state index contributed by atoms with van der Waals surface area (Å²) >= 11 is 6.98. The molecule has 26 heavy (non-hydrogen) atoms. The van der Waals surface area contributed by atoms with Crippen LogP contribution in [0.3, 0.4) is 0 Å². The van der Waals surface area contributed by atoms with Crippen molar-refractivity contribution in [2.45, 2.75) is 6.92 Å². The Balaban J connectivity index is 2.13. The Morgan fingerprint density at radius 3 is 2.65 bits per heavy atom. The van der Waals surface area contributed by atoms with Gasteiger partial charge in [0.15, 0.2) is 0 Å². The molecule has 1 amide bonds. The average Bonchev–Trinajstić information content (AvgIpc) is 2.61. The van der Waals surface area contributed by atoms with E-state index in [-0.39, 0.29) is 5.75 Å². The fraction of sp³-hybridized carbons (Fsp3) is 0.176. The van der Waals surface area contributed by atoms with Crippen molar-refractivity contribution >= 4 is 41.0 Å². The minimum absolute atomic E-state index is 0.0172. The number of carbonyl (C=O) groups excluding carboxylic acids is 1. The van der Waals surface area contributed by atoms with Gasteiger partial charge in [-0.2, -0.15) is 9.57 Å². The molecule has 2 aromatic rings. The van der Waals surface area contributed by atoms with Gasteiger partial charge in [-0.1, -0.05) is 17.7 Å². The molecule has 0 fully saturated rings. The summed E-state index contributed by atoms with van der Waals surface area (Å²) in [6.07, 6.45) is 0. The Morgan fingerprint density at radius 2 is 1.96 bits per heavy atom. The number of nitrogens with one attached hydrogen (secondary N) is 1. The van der Waals surface area contributed by atoms with E-state index in [0.717, 1.165) is 16.6 Å². The van der Waals surface area contributed by atoms with E-state index in [0.29, 0.717) is 27.5 Å². The van der Waals surface area contributed by atoms with Crippen LogP contribution in [0.25, 0.3) is 0 Å². The van der Waals surface area contributed by atoms with Gasteiger partial charge in [-0.05, 0) is 57.4 Å². The van der Waals surface area contributed by atoms with Crippen LogP contribution in [-0.4, -0.2) is 40.3 Å². The first-order valence-electron chi connectivity index (χ1n) is 7.56. The molecule has 0 heterocycles. The highest BCUT2D eigenvalue weighted by Gasteiger charge is 2.11. The molecule has 2 rings (SSSR count). The molecule has 0 aliphatic heterocycles. The third-order valence-electron chi connectivity index (χ3n) is 3.24. The Kier molecular flexibility index (Phi) is 6.87. The zero-order valence-electron chi connectivity index (χ0n) is 14.5. The van der Waals surface area contributed by atoms with Gasteiger partial charge in [-0.3, -0.25) is 10.0 Å². The van der Waals surface area contributed by atoms with Gasteiger partial charge in [0.1, 0.15) is 5.75 Å². The number of amides is 1. The van der Waals surface area contributed by atoms with Crippen LogP contribution in [0.2, 0.25) is 5.02 Å². The summed E-state index contributed by atoms with van der Waals surface area (Å²) in [5, 5.41) is 24.3. The van der Waals surface area contributed by atoms with Crippen LogP contribution in [0.5, 0.6) is 5.75 Å². The predicted molar refractivity (Wildman–Crippen MR) is 105 cm³/mol. The van der Waals surface area contributed by atoms with E-state index < -0.39 is 5.91 Å². The molecule has 0 saturated heterocycles. The summed E-state index contributed by atoms with van der Waals surface area (Å²) in [5.41, 5.74) is 4.03. The molecule has 0 saturated carbocycles. The number of hydrogen-bond acceptors (Lipinski definition) is 7. The zero-order valence-corrected chi connectivity index (χ0v) is 16.0. The lowest BCUT2D eigenvalue weighted by Crippen LogP contribution is -2.20. The molecule has 9 heteroatoms. The molecule has 138 valence electrons. The number of hydrazone groups is 1. The monoisotopic (exact) mass is 394 g/mol. The van der Waals surface area contributed by atoms with Gasteiger partial charge >= 0.3 is 0 Å². The molecule has 0 atom stereocenters. The van der Waals surface area contributed by atoms with E-state index in [2.05, 4.69) is 10.5 Å². The standard InChI is InChI=1S/C17H19ClN4O3S/c1-11(15-10-13(18)7-8-16(15)23)19-20-17(24)12-5-4-6-14(9-12)22(25)26-21(2)3/h4-10,23,25H,1-3H3,(H,20,24)/b19-11+. The summed E-state index contributed by atoms with van der Waals surface area (Å²) in [6.45, 7) is 1.64. The lowest BCUT2D eigenvalue weighted by atomic mass is 10.1. The Morgan fingerprint density at radius 1 is 1.23 bits per heavy atom. The fourth-order valence-corrected chi connectivity index (χ4v) is 2.71. The number of phenolic OH excluding ortho intramolecular Hbond substituents is 1. The number of hydrogen-bond donors (Lipinski definition) is 3. The second-order valence-electron chi connectivity index (χ2n) is 5.52. The normalized spacial score (nSPS) is 11.5. The van der Waals surface area contributed by atoms with Gasteiger partial charge in [0.05, 0.1) is 23.5 Å². The molecular formula is C17H19ClN4O3S. The number of halogens is 1. The number of aromatic hydroxyl groups is 1. The van der Waals surface area contributed by atoms with Gasteiger partial charge in [-0.15, -0.1) is 0 Å². The largest absolute Gasteiger partial charge is 0.507 e. The van der Waals surface area contributed by atoms with Crippen molar-refractivity contribution in [3.63, 3.8) is 0 Å². The lowest BCUT2D eigenvalue weighted by Gasteiger charge is -2.19. The summed E-state index contributed by atoms with van der Waals surface area (Å²) in [4.78, 5) is 12.3. The highest BCUT2D eigenvalue weighted by atomic mass is 35.5. The first-order valence-corrected chi connectivity index (χ1v) is 8.66. The van der Waals surface area contributed by atoms with Crippen LogP contribution in [-0.2, 0) is 0 Å². The molecule has 0 spiro atoms. The molecule has 0 aliphatic rings. The highest BCUT2D eigenvalue weighted by Crippen LogP contribution is 2.23. The molecule has 2 aromatic carbocycles. The SMILES string of the molecule is C/C(=N\NC(=O)c1cccc(N(O)SN(C)C)c1)c1cc(Cl)ccc1O. The van der Waals surface area contributed by atoms with E-state index in [4.69, 9.17) is 11.6 Å². The average molecular weight is 395 g/mol. The fourth-order valence-electron chi connectivity index (χ4n) is 2.03. The van der Waals surface area contributed by atoms with Crippen molar-refractivity contribution in [2.75, 3.05) is 18.6 Å². The summed E-state index contributed by atoms with van der Waals surface area (Å²) < 4.78 is 2.66. The minimum Gasteiger partial charge on any atom is -0.507 e. The number of benzene rings is 2. The first-order chi connectivity index (χ1) is 12.3. The second kappa shape index (κ2) is 8.91. The van der Waals surface area contributed by atoms with Crippen LogP contribution >= 0.6 is 23.7 Å². The maximum atomic E-state index is 12.3. The molecule has 0 unspecified atom stereocenters. The summed E-state index contributed by atoms with van der Waals surface area (Å²) in [5.74, 6) is -0.431. The van der Waals surface area contributed by atoms with Crippen molar-refractivity contribution in [1.29, 1.82) is 0 Å². The number of carbonyl (C=O) groups is 1. The van der Waals surface area contributed by atoms with E-state index in [1.165, 1.54) is 12.1 Å². The van der Waals surface area contributed by atoms with E-state index in [1.54, 1.807) is 55.7 Å². The van der Waals surface area contributed by atoms with E-state index >= 15 is 0 Å². The summed E-state index contributed by atoms with van der Waals surface area (Å²) in [6, 6.07) is 11.0. The number of rotatable bonds is 6. The van der Waals surface area contributed by atoms with Crippen LogP contribution < -0.4 is 9.89 Å². The van der Waals surface area contributed by atoms with Crippen LogP contribution in [0.1, 0.15) is 22.8 Å². The third kappa shape index (κ3) is 5.37. The van der Waals surface area contributed by atoms with E-state index in [9.17, 15) is 15.1 Å². The third-order valence-corrected chi connectivity index (χ3v) is 4.17. The maximum absolute atomic E-state index is 12.3. The minimum atomic E-state index is -0.448. The Bertz CT molecular complexity index is 829. The maximum Gasteiger partial charge on any atom is 0.271 e. The second-order valence-corrected chi connectivity index (χ2v) is 7.19. The Hall–Kier alpha value is -2.26. The molecule has 0 aliphatic carbocycles.